The Hall–Kier alpha value is -0.520. The van der Waals surface area contributed by atoms with E-state index in [4.69, 9.17) is 42.6 Å². The van der Waals surface area contributed by atoms with Gasteiger partial charge in [-0.1, -0.05) is 0 Å². The van der Waals surface area contributed by atoms with E-state index in [0.717, 1.165) is 91.9 Å². The monoisotopic (exact) mass is 594 g/mol. The lowest BCUT2D eigenvalue weighted by Gasteiger charge is -2.23. The van der Waals surface area contributed by atoms with Crippen LogP contribution in [0.4, 0.5) is 0 Å². The van der Waals surface area contributed by atoms with Gasteiger partial charge < -0.3 is 53.3 Å². The molecular formula is C28H58N4O9. The molecule has 3 aliphatic rings. The molecule has 0 aliphatic carbocycles. The lowest BCUT2D eigenvalue weighted by Crippen LogP contribution is -2.40. The summed E-state index contributed by atoms with van der Waals surface area (Å²) in [6, 6.07) is 0. The highest BCUT2D eigenvalue weighted by Crippen LogP contribution is 1.95. The standard InChI is InChI=1S/C16H33N3O4.C12H25NO5/c1-3-18-5-9-20-13-15-22-11-7-19(4-2-17-1)8-12-23-16-14-21-10-6-18;1-3-14-5-7-16-9-11-18-12-10-17-8-6-15-4-2-13-1/h17H,1-16H2;13H,1-12H2. The Morgan fingerprint density at radius 2 is 0.488 bits per heavy atom. The molecule has 3 heterocycles. The zero-order chi connectivity index (χ0) is 28.7. The van der Waals surface area contributed by atoms with Crippen molar-refractivity contribution in [2.24, 2.45) is 0 Å². The molecule has 41 heavy (non-hydrogen) atoms. The molecule has 0 atom stereocenters. The number of nitrogens with zero attached hydrogens (tertiary/aromatic N) is 2. The van der Waals surface area contributed by atoms with Crippen LogP contribution < -0.4 is 10.6 Å². The van der Waals surface area contributed by atoms with E-state index in [0.29, 0.717) is 92.5 Å². The van der Waals surface area contributed by atoms with Gasteiger partial charge in [0.2, 0.25) is 0 Å². The summed E-state index contributed by atoms with van der Waals surface area (Å²) in [5, 5.41) is 6.77. The summed E-state index contributed by atoms with van der Waals surface area (Å²) in [6.45, 7) is 21.4. The third-order valence-electron chi connectivity index (χ3n) is 6.50. The summed E-state index contributed by atoms with van der Waals surface area (Å²) >= 11 is 0. The fourth-order valence-corrected chi connectivity index (χ4v) is 4.08. The molecule has 0 saturated carbocycles. The first kappa shape index (κ1) is 36.7. The highest BCUT2D eigenvalue weighted by molar-refractivity contribution is 4.64. The van der Waals surface area contributed by atoms with Crippen molar-refractivity contribution < 1.29 is 42.6 Å². The van der Waals surface area contributed by atoms with E-state index < -0.39 is 0 Å². The normalized spacial score (nSPS) is 28.1. The van der Waals surface area contributed by atoms with Crippen LogP contribution in [0.25, 0.3) is 0 Å². The maximum Gasteiger partial charge on any atom is 0.0701 e. The van der Waals surface area contributed by atoms with Crippen LogP contribution in [-0.2, 0) is 42.6 Å². The third kappa shape index (κ3) is 24.6. The van der Waals surface area contributed by atoms with Crippen LogP contribution >= 0.6 is 0 Å². The molecule has 0 radical (unpaired) electrons. The highest BCUT2D eigenvalue weighted by Gasteiger charge is 2.09. The first-order valence-corrected chi connectivity index (χ1v) is 15.5. The van der Waals surface area contributed by atoms with Gasteiger partial charge in [0.25, 0.3) is 0 Å². The van der Waals surface area contributed by atoms with E-state index in [2.05, 4.69) is 20.4 Å². The van der Waals surface area contributed by atoms with Crippen LogP contribution in [0.2, 0.25) is 0 Å². The van der Waals surface area contributed by atoms with E-state index in [9.17, 15) is 0 Å². The molecule has 0 aromatic rings. The second-order valence-electron chi connectivity index (χ2n) is 9.69. The van der Waals surface area contributed by atoms with E-state index in [1.165, 1.54) is 0 Å². The van der Waals surface area contributed by atoms with Crippen LogP contribution in [0.3, 0.4) is 0 Å². The van der Waals surface area contributed by atoms with Gasteiger partial charge in [-0.3, -0.25) is 9.80 Å². The Balaban J connectivity index is 0.000000296. The van der Waals surface area contributed by atoms with Crippen molar-refractivity contribution in [3.8, 4) is 0 Å². The topological polar surface area (TPSA) is 114 Å². The highest BCUT2D eigenvalue weighted by atomic mass is 16.6. The molecule has 3 fully saturated rings. The summed E-state index contributed by atoms with van der Waals surface area (Å²) in [5.74, 6) is 0. The van der Waals surface area contributed by atoms with Crippen molar-refractivity contribution in [1.82, 2.24) is 20.4 Å². The Morgan fingerprint density at radius 3 is 0.805 bits per heavy atom. The molecule has 3 rings (SSSR count). The third-order valence-corrected chi connectivity index (χ3v) is 6.50. The molecule has 0 aromatic heterocycles. The molecule has 3 aliphatic heterocycles. The van der Waals surface area contributed by atoms with Gasteiger partial charge in [-0.05, 0) is 0 Å². The fourth-order valence-electron chi connectivity index (χ4n) is 4.08. The van der Waals surface area contributed by atoms with E-state index >= 15 is 0 Å². The maximum absolute atomic E-state index is 5.67. The average Bonchev–Trinajstić information content (AvgIpc) is 3.00. The fraction of sp³-hybridized carbons (Fsp3) is 1.00. The SMILES string of the molecule is C1CN2CCOCCOCCN(CCN1)CCOCCOCC2.C1COCCOCCOCCOCCOCCN1. The lowest BCUT2D eigenvalue weighted by atomic mass is 10.4. The summed E-state index contributed by atoms with van der Waals surface area (Å²) in [7, 11) is 0. The molecule has 13 nitrogen and oxygen atoms in total. The number of fused-ring (bicyclic) bond motifs is 6. The number of hydrogen-bond donors (Lipinski definition) is 2. The smallest absolute Gasteiger partial charge is 0.0701 e. The molecule has 13 heteroatoms. The first-order valence-electron chi connectivity index (χ1n) is 15.5. The van der Waals surface area contributed by atoms with Crippen LogP contribution in [0.15, 0.2) is 0 Å². The largest absolute Gasteiger partial charge is 0.378 e. The molecule has 2 N–H and O–H groups in total. The number of rotatable bonds is 0. The zero-order valence-corrected chi connectivity index (χ0v) is 25.4. The van der Waals surface area contributed by atoms with Gasteiger partial charge in [0.1, 0.15) is 0 Å². The Morgan fingerprint density at radius 1 is 0.244 bits per heavy atom. The maximum atomic E-state index is 5.67. The van der Waals surface area contributed by atoms with Crippen LogP contribution in [0, 0.1) is 0 Å². The molecule has 0 unspecified atom stereocenters. The van der Waals surface area contributed by atoms with Crippen molar-refractivity contribution in [1.29, 1.82) is 0 Å². The van der Waals surface area contributed by atoms with Crippen molar-refractivity contribution in [2.75, 3.05) is 184 Å². The summed E-state index contributed by atoms with van der Waals surface area (Å²) in [4.78, 5) is 4.79. The summed E-state index contributed by atoms with van der Waals surface area (Å²) in [5.41, 5.74) is 0. The second kappa shape index (κ2) is 29.5. The van der Waals surface area contributed by atoms with Gasteiger partial charge >= 0.3 is 0 Å². The Bertz CT molecular complexity index is 422. The first-order chi connectivity index (χ1) is 20.4. The summed E-state index contributed by atoms with van der Waals surface area (Å²) < 4.78 is 49.5. The predicted octanol–water partition coefficient (Wildman–Crippen LogP) is -1.05. The molecule has 2 bridgehead atoms. The van der Waals surface area contributed by atoms with Crippen LogP contribution in [0.5, 0.6) is 0 Å². The number of hydrogen-bond acceptors (Lipinski definition) is 13. The van der Waals surface area contributed by atoms with Crippen molar-refractivity contribution >= 4 is 0 Å². The van der Waals surface area contributed by atoms with Crippen molar-refractivity contribution in [3.05, 3.63) is 0 Å². The molecule has 244 valence electrons. The number of nitrogens with one attached hydrogen (secondary N) is 2. The van der Waals surface area contributed by atoms with Crippen molar-refractivity contribution in [2.45, 2.75) is 0 Å². The Labute approximate surface area is 247 Å². The lowest BCUT2D eigenvalue weighted by molar-refractivity contribution is -0.0125. The van der Waals surface area contributed by atoms with Gasteiger partial charge in [-0.25, -0.2) is 0 Å². The quantitative estimate of drug-likeness (QED) is 0.333. The van der Waals surface area contributed by atoms with Gasteiger partial charge in [0.15, 0.2) is 0 Å². The Kier molecular flexibility index (Phi) is 26.4. The van der Waals surface area contributed by atoms with Gasteiger partial charge in [-0.2, -0.15) is 0 Å². The molecule has 0 aromatic carbocycles. The van der Waals surface area contributed by atoms with Crippen molar-refractivity contribution in [3.63, 3.8) is 0 Å². The van der Waals surface area contributed by atoms with Gasteiger partial charge in [0, 0.05) is 65.4 Å². The molecule has 0 spiro atoms. The molecular weight excluding hydrogens is 536 g/mol. The minimum absolute atomic E-state index is 0.599. The van der Waals surface area contributed by atoms with Gasteiger partial charge in [-0.15, -0.1) is 0 Å². The molecule has 0 amide bonds. The van der Waals surface area contributed by atoms with Crippen LogP contribution in [0.1, 0.15) is 0 Å². The average molecular weight is 595 g/mol. The second-order valence-corrected chi connectivity index (χ2v) is 9.69. The minimum Gasteiger partial charge on any atom is -0.378 e. The minimum atomic E-state index is 0.599. The van der Waals surface area contributed by atoms with E-state index in [1.54, 1.807) is 0 Å². The number of ether oxygens (including phenoxy) is 9. The summed E-state index contributed by atoms with van der Waals surface area (Å²) in [6.07, 6.45) is 0. The van der Waals surface area contributed by atoms with E-state index in [1.807, 2.05) is 0 Å². The van der Waals surface area contributed by atoms with Gasteiger partial charge in [0.05, 0.1) is 119 Å². The predicted molar refractivity (Wildman–Crippen MR) is 156 cm³/mol. The molecule has 3 saturated heterocycles. The van der Waals surface area contributed by atoms with E-state index in [-0.39, 0.29) is 0 Å². The zero-order valence-electron chi connectivity index (χ0n) is 25.4. The van der Waals surface area contributed by atoms with Crippen LogP contribution in [-0.4, -0.2) is 194 Å².